The SMILES string of the molecule is COc1ccc2c(/C(C)=N\O)nn(C)c2c1. The van der Waals surface area contributed by atoms with Gasteiger partial charge in [-0.15, -0.1) is 0 Å². The minimum Gasteiger partial charge on any atom is -0.497 e. The molecule has 16 heavy (non-hydrogen) atoms. The summed E-state index contributed by atoms with van der Waals surface area (Å²) in [5.41, 5.74) is 2.12. The van der Waals surface area contributed by atoms with Crippen molar-refractivity contribution >= 4 is 16.6 Å². The Morgan fingerprint density at radius 3 is 2.88 bits per heavy atom. The van der Waals surface area contributed by atoms with Crippen LogP contribution in [0.4, 0.5) is 0 Å². The highest BCUT2D eigenvalue weighted by molar-refractivity contribution is 6.07. The van der Waals surface area contributed by atoms with Crippen LogP contribution in [-0.4, -0.2) is 27.8 Å². The Balaban J connectivity index is 2.72. The molecule has 0 unspecified atom stereocenters. The average Bonchev–Trinajstić information content (AvgIpc) is 2.65. The van der Waals surface area contributed by atoms with Crippen molar-refractivity contribution in [2.75, 3.05) is 7.11 Å². The first kappa shape index (κ1) is 10.5. The van der Waals surface area contributed by atoms with Gasteiger partial charge in [-0.25, -0.2) is 0 Å². The van der Waals surface area contributed by atoms with E-state index >= 15 is 0 Å². The Kier molecular flexibility index (Phi) is 2.52. The van der Waals surface area contributed by atoms with Crippen molar-refractivity contribution in [3.63, 3.8) is 0 Å². The van der Waals surface area contributed by atoms with Crippen LogP contribution in [0, 0.1) is 0 Å². The zero-order valence-corrected chi connectivity index (χ0v) is 9.43. The van der Waals surface area contributed by atoms with Gasteiger partial charge in [-0.05, 0) is 19.1 Å². The van der Waals surface area contributed by atoms with Gasteiger partial charge < -0.3 is 9.94 Å². The summed E-state index contributed by atoms with van der Waals surface area (Å²) in [6.07, 6.45) is 0. The second-order valence-corrected chi connectivity index (χ2v) is 3.54. The molecule has 0 aliphatic rings. The standard InChI is InChI=1S/C11H13N3O2/c1-7(13-15)11-9-5-4-8(16-3)6-10(9)14(2)12-11/h4-6,15H,1-3H3/b13-7-. The van der Waals surface area contributed by atoms with Crippen LogP contribution in [-0.2, 0) is 7.05 Å². The number of aromatic nitrogens is 2. The summed E-state index contributed by atoms with van der Waals surface area (Å²) in [7, 11) is 3.47. The number of hydrogen-bond donors (Lipinski definition) is 1. The maximum atomic E-state index is 8.77. The number of nitrogens with zero attached hydrogens (tertiary/aromatic N) is 3. The second kappa shape index (κ2) is 3.84. The van der Waals surface area contributed by atoms with E-state index in [1.165, 1.54) is 0 Å². The van der Waals surface area contributed by atoms with Gasteiger partial charge >= 0.3 is 0 Å². The zero-order chi connectivity index (χ0) is 11.7. The molecule has 0 saturated carbocycles. The fourth-order valence-electron chi connectivity index (χ4n) is 1.68. The van der Waals surface area contributed by atoms with E-state index in [2.05, 4.69) is 10.3 Å². The number of methoxy groups -OCH3 is 1. The molecule has 2 aromatic rings. The summed E-state index contributed by atoms with van der Waals surface area (Å²) >= 11 is 0. The lowest BCUT2D eigenvalue weighted by Gasteiger charge is -1.99. The van der Waals surface area contributed by atoms with Crippen molar-refractivity contribution in [3.8, 4) is 5.75 Å². The quantitative estimate of drug-likeness (QED) is 0.476. The normalized spacial score (nSPS) is 12.1. The molecule has 1 heterocycles. The molecule has 0 atom stereocenters. The highest BCUT2D eigenvalue weighted by Crippen LogP contribution is 2.23. The lowest BCUT2D eigenvalue weighted by Crippen LogP contribution is -1.97. The Hall–Kier alpha value is -2.04. The van der Waals surface area contributed by atoms with Crippen LogP contribution in [0.3, 0.4) is 0 Å². The van der Waals surface area contributed by atoms with Crippen molar-refractivity contribution in [1.29, 1.82) is 0 Å². The first-order chi connectivity index (χ1) is 7.67. The molecule has 0 radical (unpaired) electrons. The number of rotatable bonds is 2. The highest BCUT2D eigenvalue weighted by Gasteiger charge is 2.11. The molecule has 1 aromatic heterocycles. The van der Waals surface area contributed by atoms with Gasteiger partial charge in [-0.2, -0.15) is 5.10 Å². The molecule has 5 nitrogen and oxygen atoms in total. The van der Waals surface area contributed by atoms with Crippen molar-refractivity contribution in [2.45, 2.75) is 6.92 Å². The van der Waals surface area contributed by atoms with Gasteiger partial charge in [-0.3, -0.25) is 4.68 Å². The van der Waals surface area contributed by atoms with Crippen molar-refractivity contribution < 1.29 is 9.94 Å². The summed E-state index contributed by atoms with van der Waals surface area (Å²) in [5, 5.41) is 17.2. The van der Waals surface area contributed by atoms with Crippen LogP contribution in [0.25, 0.3) is 10.9 Å². The van der Waals surface area contributed by atoms with Gasteiger partial charge in [0.25, 0.3) is 0 Å². The van der Waals surface area contributed by atoms with Gasteiger partial charge in [0.2, 0.25) is 0 Å². The van der Waals surface area contributed by atoms with E-state index in [0.717, 1.165) is 16.7 Å². The molecule has 84 valence electrons. The third-order valence-electron chi connectivity index (χ3n) is 2.55. The third-order valence-corrected chi connectivity index (χ3v) is 2.55. The molecule has 0 spiro atoms. The molecule has 0 saturated heterocycles. The minimum absolute atomic E-state index is 0.496. The van der Waals surface area contributed by atoms with E-state index < -0.39 is 0 Å². The van der Waals surface area contributed by atoms with E-state index in [9.17, 15) is 0 Å². The average molecular weight is 219 g/mol. The molecule has 0 bridgehead atoms. The maximum absolute atomic E-state index is 8.77. The Morgan fingerprint density at radius 2 is 2.25 bits per heavy atom. The molecule has 1 aromatic carbocycles. The lowest BCUT2D eigenvalue weighted by molar-refractivity contribution is 0.319. The van der Waals surface area contributed by atoms with Crippen LogP contribution in [0.2, 0.25) is 0 Å². The number of benzene rings is 1. The van der Waals surface area contributed by atoms with Crippen LogP contribution in [0.1, 0.15) is 12.6 Å². The first-order valence-corrected chi connectivity index (χ1v) is 4.87. The van der Waals surface area contributed by atoms with Crippen LogP contribution in [0.5, 0.6) is 5.75 Å². The third kappa shape index (κ3) is 1.50. The number of hydrogen-bond acceptors (Lipinski definition) is 4. The molecule has 0 amide bonds. The van der Waals surface area contributed by atoms with Gasteiger partial charge in [0.05, 0.1) is 12.6 Å². The summed E-state index contributed by atoms with van der Waals surface area (Å²) in [5.74, 6) is 0.778. The van der Waals surface area contributed by atoms with Gasteiger partial charge in [0.15, 0.2) is 0 Å². The summed E-state index contributed by atoms with van der Waals surface area (Å²) < 4.78 is 6.89. The fraction of sp³-hybridized carbons (Fsp3) is 0.273. The molecule has 0 aliphatic heterocycles. The monoisotopic (exact) mass is 219 g/mol. The van der Waals surface area contributed by atoms with Crippen LogP contribution >= 0.6 is 0 Å². The predicted molar refractivity (Wildman–Crippen MR) is 61.3 cm³/mol. The van der Waals surface area contributed by atoms with Gasteiger partial charge in [-0.1, -0.05) is 5.16 Å². The second-order valence-electron chi connectivity index (χ2n) is 3.54. The molecular weight excluding hydrogens is 206 g/mol. The molecule has 0 fully saturated rings. The summed E-state index contributed by atoms with van der Waals surface area (Å²) in [6, 6.07) is 5.67. The number of fused-ring (bicyclic) bond motifs is 1. The van der Waals surface area contributed by atoms with E-state index in [-0.39, 0.29) is 0 Å². The number of oxime groups is 1. The Labute approximate surface area is 92.9 Å². The first-order valence-electron chi connectivity index (χ1n) is 4.87. The largest absolute Gasteiger partial charge is 0.497 e. The number of ether oxygens (including phenoxy) is 1. The minimum atomic E-state index is 0.496. The fourth-order valence-corrected chi connectivity index (χ4v) is 1.68. The summed E-state index contributed by atoms with van der Waals surface area (Å²) in [6.45, 7) is 1.71. The molecular formula is C11H13N3O2. The van der Waals surface area contributed by atoms with E-state index in [4.69, 9.17) is 9.94 Å². The maximum Gasteiger partial charge on any atom is 0.121 e. The molecule has 0 aliphatic carbocycles. The van der Waals surface area contributed by atoms with E-state index in [0.29, 0.717) is 11.4 Å². The molecule has 1 N–H and O–H groups in total. The van der Waals surface area contributed by atoms with Crippen molar-refractivity contribution in [1.82, 2.24) is 9.78 Å². The van der Waals surface area contributed by atoms with E-state index in [1.807, 2.05) is 25.2 Å². The van der Waals surface area contributed by atoms with Gasteiger partial charge in [0.1, 0.15) is 17.2 Å². The smallest absolute Gasteiger partial charge is 0.121 e. The summed E-state index contributed by atoms with van der Waals surface area (Å²) in [4.78, 5) is 0. The number of aryl methyl sites for hydroxylation is 1. The van der Waals surface area contributed by atoms with Crippen LogP contribution < -0.4 is 4.74 Å². The van der Waals surface area contributed by atoms with Gasteiger partial charge in [0, 0.05) is 18.5 Å². The van der Waals surface area contributed by atoms with Crippen molar-refractivity contribution in [2.24, 2.45) is 12.2 Å². The highest BCUT2D eigenvalue weighted by atomic mass is 16.5. The Bertz CT molecular complexity index is 558. The topological polar surface area (TPSA) is 59.6 Å². The Morgan fingerprint density at radius 1 is 1.50 bits per heavy atom. The molecule has 5 heteroatoms. The van der Waals surface area contributed by atoms with E-state index in [1.54, 1.807) is 18.7 Å². The van der Waals surface area contributed by atoms with Crippen molar-refractivity contribution in [3.05, 3.63) is 23.9 Å². The lowest BCUT2D eigenvalue weighted by atomic mass is 10.1. The predicted octanol–water partition coefficient (Wildman–Crippen LogP) is 1.78. The molecule has 2 rings (SSSR count). The zero-order valence-electron chi connectivity index (χ0n) is 9.43. The van der Waals surface area contributed by atoms with Crippen LogP contribution in [0.15, 0.2) is 23.4 Å².